The number of methoxy groups -OCH3 is 1. The number of hydrogen-bond acceptors (Lipinski definition) is 5. The zero-order valence-electron chi connectivity index (χ0n) is 10.3. The van der Waals surface area contributed by atoms with Crippen molar-refractivity contribution in [2.24, 2.45) is 0 Å². The molecule has 0 saturated carbocycles. The van der Waals surface area contributed by atoms with Crippen molar-refractivity contribution in [1.82, 2.24) is 9.97 Å². The molecule has 0 aliphatic heterocycles. The van der Waals surface area contributed by atoms with Gasteiger partial charge >= 0.3 is 0 Å². The number of anilines is 1. The van der Waals surface area contributed by atoms with Gasteiger partial charge in [0.05, 0.1) is 13.2 Å². The van der Waals surface area contributed by atoms with E-state index < -0.39 is 0 Å². The van der Waals surface area contributed by atoms with Crippen LogP contribution in [0.5, 0.6) is 0 Å². The van der Waals surface area contributed by atoms with Crippen LogP contribution in [0.4, 0.5) is 5.82 Å². The summed E-state index contributed by atoms with van der Waals surface area (Å²) >= 11 is 0. The Morgan fingerprint density at radius 2 is 2.29 bits per heavy atom. The Labute approximate surface area is 100 Å². The molecule has 6 heteroatoms. The number of rotatable bonds is 7. The van der Waals surface area contributed by atoms with E-state index in [1.165, 1.54) is 6.07 Å². The highest BCUT2D eigenvalue weighted by atomic mass is 16.5. The van der Waals surface area contributed by atoms with E-state index in [0.717, 1.165) is 0 Å². The third kappa shape index (κ3) is 4.16. The molecule has 1 rings (SSSR count). The van der Waals surface area contributed by atoms with E-state index in [9.17, 15) is 4.79 Å². The van der Waals surface area contributed by atoms with Gasteiger partial charge in [-0.05, 0) is 0 Å². The molecule has 0 aliphatic rings. The second-order valence-electron chi connectivity index (χ2n) is 3.61. The van der Waals surface area contributed by atoms with Crippen LogP contribution in [0.25, 0.3) is 0 Å². The van der Waals surface area contributed by atoms with Crippen LogP contribution in [0.1, 0.15) is 12.7 Å². The highest BCUT2D eigenvalue weighted by molar-refractivity contribution is 5.37. The van der Waals surface area contributed by atoms with Gasteiger partial charge < -0.3 is 19.7 Å². The minimum atomic E-state index is -0.174. The number of H-pyrrole nitrogens is 1. The summed E-state index contributed by atoms with van der Waals surface area (Å²) in [6.45, 7) is 3.49. The molecule has 96 valence electrons. The van der Waals surface area contributed by atoms with Crippen molar-refractivity contribution in [3.05, 3.63) is 22.2 Å². The number of aliphatic hydroxyl groups is 1. The molecule has 0 saturated heterocycles. The Kier molecular flexibility index (Phi) is 5.65. The lowest BCUT2D eigenvalue weighted by atomic mass is 10.4. The van der Waals surface area contributed by atoms with Crippen LogP contribution in [-0.4, -0.2) is 48.5 Å². The first-order valence-electron chi connectivity index (χ1n) is 5.66. The molecule has 1 aromatic heterocycles. The molecule has 0 radical (unpaired) electrons. The molecule has 0 aliphatic carbocycles. The summed E-state index contributed by atoms with van der Waals surface area (Å²) in [5.41, 5.74) is -0.174. The third-order valence-corrected chi connectivity index (χ3v) is 2.37. The molecule has 2 N–H and O–H groups in total. The first-order valence-corrected chi connectivity index (χ1v) is 5.66. The van der Waals surface area contributed by atoms with Gasteiger partial charge in [-0.15, -0.1) is 0 Å². The lowest BCUT2D eigenvalue weighted by Gasteiger charge is -2.22. The summed E-state index contributed by atoms with van der Waals surface area (Å²) in [7, 11) is 1.61. The normalized spacial score (nSPS) is 10.5. The maximum absolute atomic E-state index is 11.4. The number of aliphatic hydroxyl groups excluding tert-OH is 1. The minimum Gasteiger partial charge on any atom is -0.395 e. The van der Waals surface area contributed by atoms with E-state index in [0.29, 0.717) is 37.8 Å². The van der Waals surface area contributed by atoms with Crippen LogP contribution in [0.15, 0.2) is 10.9 Å². The van der Waals surface area contributed by atoms with Crippen molar-refractivity contribution < 1.29 is 9.84 Å². The van der Waals surface area contributed by atoms with Crippen LogP contribution in [0.3, 0.4) is 0 Å². The molecule has 17 heavy (non-hydrogen) atoms. The lowest BCUT2D eigenvalue weighted by molar-refractivity contribution is 0.202. The third-order valence-electron chi connectivity index (χ3n) is 2.37. The summed E-state index contributed by atoms with van der Waals surface area (Å²) in [4.78, 5) is 20.3. The number of hydrogen-bond donors (Lipinski definition) is 2. The lowest BCUT2D eigenvalue weighted by Crippen LogP contribution is -2.32. The first-order chi connectivity index (χ1) is 8.21. The van der Waals surface area contributed by atoms with Gasteiger partial charge in [-0.25, -0.2) is 4.98 Å². The summed E-state index contributed by atoms with van der Waals surface area (Å²) in [6.07, 6.45) is 0.667. The van der Waals surface area contributed by atoms with Crippen LogP contribution < -0.4 is 10.5 Å². The molecule has 0 fully saturated rings. The molecule has 0 amide bonds. The average molecular weight is 241 g/mol. The SMILES string of the molecule is CCc1nc(N(CCO)CCOC)cc(=O)[nH]1. The van der Waals surface area contributed by atoms with Crippen LogP contribution in [0.2, 0.25) is 0 Å². The first kappa shape index (κ1) is 13.7. The summed E-state index contributed by atoms with van der Waals surface area (Å²) in [6, 6.07) is 1.44. The summed E-state index contributed by atoms with van der Waals surface area (Å²) < 4.78 is 4.99. The molecule has 0 spiro atoms. The van der Waals surface area contributed by atoms with E-state index in [1.807, 2.05) is 11.8 Å². The van der Waals surface area contributed by atoms with Gasteiger partial charge in [-0.1, -0.05) is 6.92 Å². The number of nitrogens with one attached hydrogen (secondary N) is 1. The van der Waals surface area contributed by atoms with Crippen LogP contribution >= 0.6 is 0 Å². The Morgan fingerprint density at radius 3 is 2.88 bits per heavy atom. The molecular formula is C11H19N3O3. The van der Waals surface area contributed by atoms with E-state index >= 15 is 0 Å². The number of aryl methyl sites for hydroxylation is 1. The smallest absolute Gasteiger partial charge is 0.252 e. The highest BCUT2D eigenvalue weighted by Crippen LogP contribution is 2.07. The number of aromatic nitrogens is 2. The van der Waals surface area contributed by atoms with Crippen molar-refractivity contribution in [3.63, 3.8) is 0 Å². The largest absolute Gasteiger partial charge is 0.395 e. The Bertz CT molecular complexity index is 392. The maximum atomic E-state index is 11.4. The number of aromatic amines is 1. The Balaban J connectivity index is 2.91. The zero-order chi connectivity index (χ0) is 12.7. The van der Waals surface area contributed by atoms with E-state index in [2.05, 4.69) is 9.97 Å². The van der Waals surface area contributed by atoms with Crippen molar-refractivity contribution in [3.8, 4) is 0 Å². The second-order valence-corrected chi connectivity index (χ2v) is 3.61. The van der Waals surface area contributed by atoms with Gasteiger partial charge in [-0.2, -0.15) is 0 Å². The summed E-state index contributed by atoms with van der Waals surface area (Å²) in [5, 5.41) is 9.00. The van der Waals surface area contributed by atoms with E-state index in [-0.39, 0.29) is 12.2 Å². The monoisotopic (exact) mass is 241 g/mol. The van der Waals surface area contributed by atoms with E-state index in [4.69, 9.17) is 9.84 Å². The van der Waals surface area contributed by atoms with Crippen LogP contribution in [0, 0.1) is 0 Å². The minimum absolute atomic E-state index is 0.0135. The fourth-order valence-electron chi connectivity index (χ4n) is 1.49. The van der Waals surface area contributed by atoms with Crippen molar-refractivity contribution in [2.45, 2.75) is 13.3 Å². The topological polar surface area (TPSA) is 78.5 Å². The Hall–Kier alpha value is -1.40. The van der Waals surface area contributed by atoms with Gasteiger partial charge in [0.25, 0.3) is 5.56 Å². The fourth-order valence-corrected chi connectivity index (χ4v) is 1.49. The van der Waals surface area contributed by atoms with Gasteiger partial charge in [0, 0.05) is 32.7 Å². The molecule has 1 heterocycles. The number of ether oxygens (including phenoxy) is 1. The van der Waals surface area contributed by atoms with E-state index in [1.54, 1.807) is 7.11 Å². The summed E-state index contributed by atoms with van der Waals surface area (Å²) in [5.74, 6) is 1.23. The Morgan fingerprint density at radius 1 is 1.53 bits per heavy atom. The molecule has 0 unspecified atom stereocenters. The van der Waals surface area contributed by atoms with Gasteiger partial charge in [-0.3, -0.25) is 4.79 Å². The maximum Gasteiger partial charge on any atom is 0.252 e. The molecule has 6 nitrogen and oxygen atoms in total. The number of nitrogens with zero attached hydrogens (tertiary/aromatic N) is 2. The average Bonchev–Trinajstić information content (AvgIpc) is 2.33. The quantitative estimate of drug-likeness (QED) is 0.690. The van der Waals surface area contributed by atoms with Gasteiger partial charge in [0.15, 0.2) is 0 Å². The van der Waals surface area contributed by atoms with Crippen molar-refractivity contribution >= 4 is 5.82 Å². The molecule has 0 atom stereocenters. The molecular weight excluding hydrogens is 222 g/mol. The van der Waals surface area contributed by atoms with Gasteiger partial charge in [0.2, 0.25) is 0 Å². The molecule has 0 bridgehead atoms. The van der Waals surface area contributed by atoms with Crippen molar-refractivity contribution in [2.75, 3.05) is 38.3 Å². The standard InChI is InChI=1S/C11H19N3O3/c1-3-9-12-10(8-11(16)13-9)14(4-6-15)5-7-17-2/h8,15H,3-7H2,1-2H3,(H,12,13,16). The van der Waals surface area contributed by atoms with Crippen LogP contribution in [-0.2, 0) is 11.2 Å². The predicted molar refractivity (Wildman–Crippen MR) is 65.4 cm³/mol. The fraction of sp³-hybridized carbons (Fsp3) is 0.636. The highest BCUT2D eigenvalue weighted by Gasteiger charge is 2.09. The van der Waals surface area contributed by atoms with Gasteiger partial charge in [0.1, 0.15) is 11.6 Å². The second kappa shape index (κ2) is 7.03. The molecule has 0 aromatic carbocycles. The van der Waals surface area contributed by atoms with Crippen molar-refractivity contribution in [1.29, 1.82) is 0 Å². The predicted octanol–water partition coefficient (Wildman–Crippen LogP) is -0.223. The molecule has 1 aromatic rings. The zero-order valence-corrected chi connectivity index (χ0v) is 10.3.